The first kappa shape index (κ1) is 15.0. The van der Waals surface area contributed by atoms with Gasteiger partial charge in [-0.25, -0.2) is 0 Å². The summed E-state index contributed by atoms with van der Waals surface area (Å²) in [5.41, 5.74) is 9.87. The molecule has 0 amide bonds. The maximum absolute atomic E-state index is 11.9. The summed E-state index contributed by atoms with van der Waals surface area (Å²) in [7, 11) is 0. The largest absolute Gasteiger partial charge is 0.411 e. The van der Waals surface area contributed by atoms with E-state index in [9.17, 15) is 13.2 Å². The van der Waals surface area contributed by atoms with Crippen molar-refractivity contribution in [2.75, 3.05) is 13.2 Å². The first-order chi connectivity index (χ1) is 8.20. The molecule has 5 heteroatoms. The minimum absolute atomic E-state index is 0.136. The summed E-state index contributed by atoms with van der Waals surface area (Å²) >= 11 is 0. The minimum atomic E-state index is -4.31. The van der Waals surface area contributed by atoms with Gasteiger partial charge >= 0.3 is 6.18 Å². The zero-order valence-electron chi connectivity index (χ0n) is 10.8. The smallest absolute Gasteiger partial charge is 0.370 e. The predicted octanol–water partition coefficient (Wildman–Crippen LogP) is 3.19. The number of nitrogens with two attached hydrogens (primary N) is 1. The Morgan fingerprint density at radius 2 is 1.67 bits per heavy atom. The van der Waals surface area contributed by atoms with Crippen LogP contribution in [0.3, 0.4) is 0 Å². The predicted molar refractivity (Wildman–Crippen MR) is 64.5 cm³/mol. The van der Waals surface area contributed by atoms with Gasteiger partial charge in [0.2, 0.25) is 0 Å². The molecule has 1 rings (SSSR count). The van der Waals surface area contributed by atoms with Gasteiger partial charge in [-0.2, -0.15) is 13.2 Å². The van der Waals surface area contributed by atoms with Crippen LogP contribution in [0.5, 0.6) is 0 Å². The minimum Gasteiger partial charge on any atom is -0.370 e. The number of hydrogen-bond donors (Lipinski definition) is 1. The quantitative estimate of drug-likeness (QED) is 0.903. The number of ether oxygens (including phenoxy) is 1. The Hall–Kier alpha value is -1.07. The summed E-state index contributed by atoms with van der Waals surface area (Å²) in [6.45, 7) is 4.43. The maximum Gasteiger partial charge on any atom is 0.411 e. The maximum atomic E-state index is 11.9. The van der Waals surface area contributed by atoms with Crippen molar-refractivity contribution in [2.24, 2.45) is 5.73 Å². The van der Waals surface area contributed by atoms with Gasteiger partial charge in [0.1, 0.15) is 6.61 Å². The molecule has 0 fully saturated rings. The van der Waals surface area contributed by atoms with Crippen LogP contribution in [-0.4, -0.2) is 19.4 Å². The molecule has 0 aliphatic rings. The monoisotopic (exact) mass is 261 g/mol. The number of halogens is 3. The van der Waals surface area contributed by atoms with Crippen molar-refractivity contribution in [3.05, 3.63) is 34.4 Å². The third-order valence-corrected chi connectivity index (χ3v) is 2.84. The van der Waals surface area contributed by atoms with Gasteiger partial charge in [0, 0.05) is 0 Å². The molecule has 1 aromatic rings. The molecular formula is C13H18F3NO. The number of alkyl halides is 3. The first-order valence-corrected chi connectivity index (χ1v) is 5.68. The van der Waals surface area contributed by atoms with E-state index in [1.807, 2.05) is 32.9 Å². The fourth-order valence-electron chi connectivity index (χ4n) is 1.77. The zero-order chi connectivity index (χ0) is 13.9. The highest BCUT2D eigenvalue weighted by atomic mass is 19.4. The van der Waals surface area contributed by atoms with Crippen LogP contribution in [0.25, 0.3) is 0 Å². The highest BCUT2D eigenvalue weighted by Gasteiger charge is 2.27. The van der Waals surface area contributed by atoms with Gasteiger partial charge in [-0.15, -0.1) is 0 Å². The second-order valence-electron chi connectivity index (χ2n) is 4.53. The van der Waals surface area contributed by atoms with Crippen LogP contribution in [0.15, 0.2) is 12.1 Å². The van der Waals surface area contributed by atoms with E-state index in [2.05, 4.69) is 4.74 Å². The molecule has 0 spiro atoms. The Kier molecular flexibility index (Phi) is 4.76. The number of benzene rings is 1. The molecule has 102 valence electrons. The van der Waals surface area contributed by atoms with Crippen LogP contribution in [0.4, 0.5) is 13.2 Å². The van der Waals surface area contributed by atoms with E-state index in [0.29, 0.717) is 0 Å². The van der Waals surface area contributed by atoms with Crippen molar-refractivity contribution < 1.29 is 17.9 Å². The molecule has 0 aromatic heterocycles. The van der Waals surface area contributed by atoms with Crippen LogP contribution in [0.1, 0.15) is 28.3 Å². The number of aryl methyl sites for hydroxylation is 3. The van der Waals surface area contributed by atoms with Gasteiger partial charge in [-0.1, -0.05) is 12.1 Å². The van der Waals surface area contributed by atoms with Crippen LogP contribution < -0.4 is 5.73 Å². The molecule has 0 saturated heterocycles. The average molecular weight is 261 g/mol. The van der Waals surface area contributed by atoms with Crippen LogP contribution in [0.2, 0.25) is 0 Å². The van der Waals surface area contributed by atoms with Gasteiger partial charge in [-0.05, 0) is 43.0 Å². The summed E-state index contributed by atoms with van der Waals surface area (Å²) in [6, 6.07) is 3.35. The molecule has 1 atom stereocenters. The molecule has 0 radical (unpaired) electrons. The summed E-state index contributed by atoms with van der Waals surface area (Å²) in [4.78, 5) is 0. The van der Waals surface area contributed by atoms with E-state index in [1.54, 1.807) is 0 Å². The molecule has 1 unspecified atom stereocenters. The Morgan fingerprint density at radius 1 is 1.11 bits per heavy atom. The molecule has 0 heterocycles. The third-order valence-electron chi connectivity index (χ3n) is 2.84. The molecule has 0 aliphatic heterocycles. The molecule has 0 aliphatic carbocycles. The van der Waals surface area contributed by atoms with Crippen LogP contribution in [0, 0.1) is 20.8 Å². The van der Waals surface area contributed by atoms with E-state index in [1.165, 1.54) is 0 Å². The summed E-state index contributed by atoms with van der Waals surface area (Å²) in [6.07, 6.45) is -4.31. The molecule has 18 heavy (non-hydrogen) atoms. The lowest BCUT2D eigenvalue weighted by Gasteiger charge is -2.17. The fraction of sp³-hybridized carbons (Fsp3) is 0.538. The molecule has 0 saturated carbocycles. The van der Waals surface area contributed by atoms with Gasteiger partial charge in [0.05, 0.1) is 12.6 Å². The average Bonchev–Trinajstić information content (AvgIpc) is 2.21. The molecule has 2 nitrogen and oxygen atoms in total. The summed E-state index contributed by atoms with van der Waals surface area (Å²) < 4.78 is 40.4. The van der Waals surface area contributed by atoms with E-state index < -0.39 is 18.8 Å². The second kappa shape index (κ2) is 5.71. The van der Waals surface area contributed by atoms with Crippen molar-refractivity contribution in [2.45, 2.75) is 33.0 Å². The van der Waals surface area contributed by atoms with Gasteiger partial charge in [0.15, 0.2) is 0 Å². The molecule has 1 aromatic carbocycles. The molecular weight excluding hydrogens is 243 g/mol. The SMILES string of the molecule is Cc1cc(C)c(C(N)COCC(F)(F)F)cc1C. The van der Waals surface area contributed by atoms with Crippen molar-refractivity contribution in [1.29, 1.82) is 0 Å². The second-order valence-corrected chi connectivity index (χ2v) is 4.53. The van der Waals surface area contributed by atoms with Gasteiger partial charge < -0.3 is 10.5 Å². The summed E-state index contributed by atoms with van der Waals surface area (Å²) in [5, 5.41) is 0. The van der Waals surface area contributed by atoms with Crippen molar-refractivity contribution >= 4 is 0 Å². The molecule has 2 N–H and O–H groups in total. The third kappa shape index (κ3) is 4.31. The highest BCUT2D eigenvalue weighted by molar-refractivity contribution is 5.38. The molecule has 0 bridgehead atoms. The number of rotatable bonds is 4. The van der Waals surface area contributed by atoms with Crippen molar-refractivity contribution in [3.8, 4) is 0 Å². The topological polar surface area (TPSA) is 35.2 Å². The fourth-order valence-corrected chi connectivity index (χ4v) is 1.77. The lowest BCUT2D eigenvalue weighted by Crippen LogP contribution is -2.23. The lowest BCUT2D eigenvalue weighted by molar-refractivity contribution is -0.174. The summed E-state index contributed by atoms with van der Waals surface area (Å²) in [5.74, 6) is 0. The van der Waals surface area contributed by atoms with E-state index in [4.69, 9.17) is 5.73 Å². The number of hydrogen-bond acceptors (Lipinski definition) is 2. The van der Waals surface area contributed by atoms with E-state index in [0.717, 1.165) is 22.3 Å². The van der Waals surface area contributed by atoms with E-state index >= 15 is 0 Å². The van der Waals surface area contributed by atoms with Gasteiger partial charge in [-0.3, -0.25) is 0 Å². The van der Waals surface area contributed by atoms with Crippen molar-refractivity contribution in [1.82, 2.24) is 0 Å². The standard InChI is InChI=1S/C13H18F3NO/c1-8-4-10(3)11(5-9(8)2)12(17)6-18-7-13(14,15)16/h4-5,12H,6-7,17H2,1-3H3. The Bertz CT molecular complexity index is 415. The van der Waals surface area contributed by atoms with Crippen LogP contribution >= 0.6 is 0 Å². The zero-order valence-corrected chi connectivity index (χ0v) is 10.8. The van der Waals surface area contributed by atoms with E-state index in [-0.39, 0.29) is 6.61 Å². The van der Waals surface area contributed by atoms with Crippen LogP contribution in [-0.2, 0) is 4.74 Å². The van der Waals surface area contributed by atoms with Crippen molar-refractivity contribution in [3.63, 3.8) is 0 Å². The first-order valence-electron chi connectivity index (χ1n) is 5.68. The Balaban J connectivity index is 2.67. The van der Waals surface area contributed by atoms with Gasteiger partial charge in [0.25, 0.3) is 0 Å². The normalized spacial score (nSPS) is 13.7. The lowest BCUT2D eigenvalue weighted by atomic mass is 9.96. The Morgan fingerprint density at radius 3 is 2.22 bits per heavy atom. The highest BCUT2D eigenvalue weighted by Crippen LogP contribution is 2.21. The Labute approximate surface area is 105 Å².